The van der Waals surface area contributed by atoms with Gasteiger partial charge in [0, 0.05) is 43.1 Å². The molecular weight excluding hydrogens is 456 g/mol. The predicted molar refractivity (Wildman–Crippen MR) is 129 cm³/mol. The monoisotopic (exact) mass is 486 g/mol. The maximum atomic E-state index is 12.1. The average Bonchev–Trinajstić information content (AvgIpc) is 3.26. The molecule has 1 heterocycles. The smallest absolute Gasteiger partial charge is 0.268 e. The van der Waals surface area contributed by atoms with Gasteiger partial charge in [0.25, 0.3) is 11.8 Å². The zero-order valence-electron chi connectivity index (χ0n) is 19.4. The van der Waals surface area contributed by atoms with E-state index in [1.54, 1.807) is 61.1 Å². The van der Waals surface area contributed by atoms with Crippen LogP contribution in [-0.4, -0.2) is 51.7 Å². The van der Waals surface area contributed by atoms with Crippen molar-refractivity contribution < 1.29 is 24.3 Å². The number of hydroxylamine groups is 1. The largest absolute Gasteiger partial charge is 0.481 e. The molecule has 0 unspecified atom stereocenters. The number of aryl methyl sites for hydroxylation is 1. The molecule has 2 aromatic rings. The fraction of sp³-hybridized carbons (Fsp3) is 0.375. The third-order valence-electron chi connectivity index (χ3n) is 4.69. The van der Waals surface area contributed by atoms with E-state index in [1.807, 2.05) is 0 Å². The number of hydrogen-bond acceptors (Lipinski definition) is 6. The van der Waals surface area contributed by atoms with Gasteiger partial charge >= 0.3 is 0 Å². The molecule has 10 heteroatoms. The Morgan fingerprint density at radius 1 is 1.12 bits per heavy atom. The van der Waals surface area contributed by atoms with Gasteiger partial charge in [-0.25, -0.2) is 0 Å². The number of nitrogens with one attached hydrogen (secondary N) is 2. The molecule has 0 radical (unpaired) electrons. The van der Waals surface area contributed by atoms with E-state index in [4.69, 9.17) is 4.74 Å². The van der Waals surface area contributed by atoms with Crippen LogP contribution in [0.25, 0.3) is 0 Å². The minimum Gasteiger partial charge on any atom is -0.481 e. The zero-order valence-corrected chi connectivity index (χ0v) is 20.2. The quantitative estimate of drug-likeness (QED) is 0.132. The van der Waals surface area contributed by atoms with E-state index in [9.17, 15) is 19.6 Å². The van der Waals surface area contributed by atoms with Crippen molar-refractivity contribution in [3.05, 3.63) is 48.3 Å². The second kappa shape index (κ2) is 14.7. The second-order valence-corrected chi connectivity index (χ2v) is 8.29. The number of hydrogen-bond donors (Lipinski definition) is 3. The highest BCUT2D eigenvalue weighted by molar-refractivity contribution is 7.97. The topological polar surface area (TPSA) is 113 Å². The Balaban J connectivity index is 1.55. The summed E-state index contributed by atoms with van der Waals surface area (Å²) in [6, 6.07) is 10.4. The summed E-state index contributed by atoms with van der Waals surface area (Å²) in [4.78, 5) is 36.6. The van der Waals surface area contributed by atoms with E-state index in [1.165, 1.54) is 0 Å². The molecule has 182 valence electrons. The maximum Gasteiger partial charge on any atom is 0.268 e. The van der Waals surface area contributed by atoms with Crippen molar-refractivity contribution in [2.75, 3.05) is 19.7 Å². The van der Waals surface area contributed by atoms with E-state index in [0.717, 1.165) is 11.9 Å². The van der Waals surface area contributed by atoms with Crippen LogP contribution in [0.5, 0.6) is 5.75 Å². The van der Waals surface area contributed by atoms with Gasteiger partial charge in [0.15, 0.2) is 0 Å². The van der Waals surface area contributed by atoms with E-state index < -0.39 is 5.91 Å². The van der Waals surface area contributed by atoms with Gasteiger partial charge in [0.05, 0.1) is 6.54 Å². The Hall–Kier alpha value is -3.42. The van der Waals surface area contributed by atoms with Crippen molar-refractivity contribution in [3.8, 4) is 17.6 Å². The molecule has 0 atom stereocenters. The maximum absolute atomic E-state index is 12.1. The summed E-state index contributed by atoms with van der Waals surface area (Å²) in [5.74, 6) is 5.24. The number of unbranched alkanes of at least 4 members (excludes halogenated alkanes) is 2. The first-order valence-corrected chi connectivity index (χ1v) is 11.7. The molecule has 2 rings (SSSR count). The number of benzene rings is 1. The minimum absolute atomic E-state index is 0.0981. The van der Waals surface area contributed by atoms with Crippen molar-refractivity contribution in [3.63, 3.8) is 0 Å². The first kappa shape index (κ1) is 26.8. The number of rotatable bonds is 13. The summed E-state index contributed by atoms with van der Waals surface area (Å²) < 4.78 is 7.74. The molecule has 3 amide bonds. The summed E-state index contributed by atoms with van der Waals surface area (Å²) >= 11 is 0.931. The summed E-state index contributed by atoms with van der Waals surface area (Å²) in [5, 5.41) is 15.3. The average molecular weight is 487 g/mol. The summed E-state index contributed by atoms with van der Waals surface area (Å²) in [5.41, 5.74) is 0.484. The van der Waals surface area contributed by atoms with Crippen LogP contribution in [0, 0.1) is 11.8 Å². The molecule has 0 spiro atoms. The van der Waals surface area contributed by atoms with Crippen molar-refractivity contribution in [2.45, 2.75) is 37.5 Å². The van der Waals surface area contributed by atoms with E-state index >= 15 is 0 Å². The molecule has 9 nitrogen and oxygen atoms in total. The van der Waals surface area contributed by atoms with Crippen LogP contribution in [0.1, 0.15) is 43.1 Å². The fourth-order valence-electron chi connectivity index (χ4n) is 2.85. The lowest BCUT2D eigenvalue weighted by molar-refractivity contribution is -0.144. The van der Waals surface area contributed by atoms with Gasteiger partial charge in [-0.15, -0.1) is 5.92 Å². The van der Waals surface area contributed by atoms with Gasteiger partial charge in [0.2, 0.25) is 5.91 Å². The normalized spacial score (nSPS) is 10.1. The lowest BCUT2D eigenvalue weighted by Crippen LogP contribution is -2.37. The highest BCUT2D eigenvalue weighted by Gasteiger charge is 2.13. The Kier molecular flexibility index (Phi) is 11.6. The zero-order chi connectivity index (χ0) is 24.8. The number of carbonyl (C=O) groups is 3. The van der Waals surface area contributed by atoms with E-state index in [0.29, 0.717) is 53.2 Å². The van der Waals surface area contributed by atoms with Crippen LogP contribution >= 0.6 is 11.9 Å². The van der Waals surface area contributed by atoms with Crippen LogP contribution in [-0.2, 0) is 16.6 Å². The van der Waals surface area contributed by atoms with Gasteiger partial charge in [0.1, 0.15) is 18.1 Å². The van der Waals surface area contributed by atoms with Crippen molar-refractivity contribution >= 4 is 29.7 Å². The van der Waals surface area contributed by atoms with Crippen LogP contribution in [0.3, 0.4) is 0 Å². The van der Waals surface area contributed by atoms with Crippen molar-refractivity contribution in [1.29, 1.82) is 0 Å². The van der Waals surface area contributed by atoms with Gasteiger partial charge in [-0.3, -0.25) is 19.6 Å². The van der Waals surface area contributed by atoms with Crippen molar-refractivity contribution in [2.24, 2.45) is 7.05 Å². The Morgan fingerprint density at radius 2 is 1.88 bits per heavy atom. The lowest BCUT2D eigenvalue weighted by Gasteiger charge is -2.13. The first-order valence-electron chi connectivity index (χ1n) is 10.9. The SMILES string of the molecule is CC#CCOc1ccc(SN(O)C(=O)CCCCCNC(=O)CNC(=O)c2cccn2C)cc1. The van der Waals surface area contributed by atoms with Crippen molar-refractivity contribution in [1.82, 2.24) is 19.7 Å². The van der Waals surface area contributed by atoms with Gasteiger partial charge < -0.3 is 19.9 Å². The minimum atomic E-state index is -0.393. The van der Waals surface area contributed by atoms with Crippen LogP contribution in [0.4, 0.5) is 0 Å². The predicted octanol–water partition coefficient (Wildman–Crippen LogP) is 2.76. The number of amides is 3. The molecule has 0 aliphatic heterocycles. The molecule has 0 aliphatic rings. The summed E-state index contributed by atoms with van der Waals surface area (Å²) in [6.45, 7) is 2.40. The molecule has 0 fully saturated rings. The van der Waals surface area contributed by atoms with Crippen LogP contribution in [0.2, 0.25) is 0 Å². The molecule has 1 aromatic heterocycles. The third kappa shape index (κ3) is 9.60. The highest BCUT2D eigenvalue weighted by atomic mass is 32.2. The molecule has 0 saturated heterocycles. The molecule has 3 N–H and O–H groups in total. The summed E-state index contributed by atoms with van der Waals surface area (Å²) in [7, 11) is 1.76. The highest BCUT2D eigenvalue weighted by Crippen LogP contribution is 2.24. The fourth-order valence-corrected chi connectivity index (χ4v) is 3.50. The number of carbonyl (C=O) groups excluding carboxylic acids is 3. The number of ether oxygens (including phenoxy) is 1. The van der Waals surface area contributed by atoms with Crippen LogP contribution in [0.15, 0.2) is 47.5 Å². The van der Waals surface area contributed by atoms with E-state index in [2.05, 4.69) is 22.5 Å². The van der Waals surface area contributed by atoms with Crippen LogP contribution < -0.4 is 15.4 Å². The Labute approximate surface area is 203 Å². The number of nitrogens with zero attached hydrogens (tertiary/aromatic N) is 2. The molecule has 34 heavy (non-hydrogen) atoms. The van der Waals surface area contributed by atoms with Gasteiger partial charge in [-0.2, -0.15) is 4.47 Å². The van der Waals surface area contributed by atoms with Gasteiger partial charge in [-0.05, 0) is 56.2 Å². The lowest BCUT2D eigenvalue weighted by atomic mass is 10.2. The molecular formula is C24H30N4O5S. The molecule has 0 bridgehead atoms. The first-order chi connectivity index (χ1) is 16.4. The van der Waals surface area contributed by atoms with Gasteiger partial charge in [-0.1, -0.05) is 12.3 Å². The Bertz CT molecular complexity index is 1010. The van der Waals surface area contributed by atoms with E-state index in [-0.39, 0.29) is 24.8 Å². The third-order valence-corrected chi connectivity index (χ3v) is 5.55. The molecule has 0 saturated carbocycles. The Morgan fingerprint density at radius 3 is 2.56 bits per heavy atom. The molecule has 1 aromatic carbocycles. The second-order valence-electron chi connectivity index (χ2n) is 7.29. The number of aromatic nitrogens is 1. The molecule has 0 aliphatic carbocycles. The standard InChI is InChI=1S/C24H30N4O5S/c1-3-4-17-33-19-11-13-20(14-12-19)34-28(32)23(30)10-6-5-7-15-25-22(29)18-26-24(31)21-9-8-16-27(21)2/h8-9,11-14,16,32H,5-7,10,15,17-18H2,1-2H3,(H,25,29)(H,26,31). The summed E-state index contributed by atoms with van der Waals surface area (Å²) in [6.07, 6.45) is 3.94.